The summed E-state index contributed by atoms with van der Waals surface area (Å²) >= 11 is 0. The van der Waals surface area contributed by atoms with E-state index in [1.807, 2.05) is 67.6 Å². The first-order valence-electron chi connectivity index (χ1n) is 9.32. The number of carbonyl (C=O) groups is 1. The van der Waals surface area contributed by atoms with Gasteiger partial charge < -0.3 is 20.1 Å². The van der Waals surface area contributed by atoms with Crippen molar-refractivity contribution >= 4 is 11.7 Å². The van der Waals surface area contributed by atoms with Gasteiger partial charge in [0.25, 0.3) is 0 Å². The molecule has 0 spiro atoms. The summed E-state index contributed by atoms with van der Waals surface area (Å²) in [6.45, 7) is 2.91. The molecule has 0 radical (unpaired) electrons. The summed E-state index contributed by atoms with van der Waals surface area (Å²) < 4.78 is 5.91. The van der Waals surface area contributed by atoms with Crippen molar-refractivity contribution in [2.75, 3.05) is 11.9 Å². The Morgan fingerprint density at radius 1 is 0.964 bits per heavy atom. The van der Waals surface area contributed by atoms with E-state index < -0.39 is 0 Å². The molecule has 0 aliphatic rings. The highest BCUT2D eigenvalue weighted by Crippen LogP contribution is 2.29. The monoisotopic (exact) mass is 376 g/mol. The molecule has 5 nitrogen and oxygen atoms in total. The Morgan fingerprint density at radius 2 is 1.64 bits per heavy atom. The van der Waals surface area contributed by atoms with Crippen molar-refractivity contribution in [2.45, 2.75) is 19.9 Å². The average Bonchev–Trinajstić information content (AvgIpc) is 2.71. The van der Waals surface area contributed by atoms with E-state index in [9.17, 15) is 9.90 Å². The summed E-state index contributed by atoms with van der Waals surface area (Å²) in [5.41, 5.74) is 1.30. The van der Waals surface area contributed by atoms with Crippen LogP contribution in [0.15, 0.2) is 78.9 Å². The van der Waals surface area contributed by atoms with E-state index in [0.717, 1.165) is 6.42 Å². The number of phenolic OH excluding ortho intramolecular Hbond substituents is 1. The molecule has 5 heteroatoms. The number of carbonyl (C=O) groups excluding carboxylic acids is 1. The predicted molar refractivity (Wildman–Crippen MR) is 111 cm³/mol. The third-order valence-electron chi connectivity index (χ3n) is 4.23. The number of nitrogens with zero attached hydrogens (tertiary/aromatic N) is 1. The molecule has 28 heavy (non-hydrogen) atoms. The molecule has 0 heterocycles. The minimum atomic E-state index is -0.241. The number of urea groups is 1. The molecule has 0 saturated carbocycles. The number of aromatic hydroxyl groups is 1. The topological polar surface area (TPSA) is 61.8 Å². The zero-order valence-electron chi connectivity index (χ0n) is 15.8. The molecule has 0 fully saturated rings. The van der Waals surface area contributed by atoms with Crippen molar-refractivity contribution < 1.29 is 14.6 Å². The largest absolute Gasteiger partial charge is 0.508 e. The summed E-state index contributed by atoms with van der Waals surface area (Å²) in [5, 5.41) is 13.0. The zero-order valence-corrected chi connectivity index (χ0v) is 15.8. The number of para-hydroxylation sites is 4. The zero-order chi connectivity index (χ0) is 19.8. The molecule has 144 valence electrons. The molecular formula is C23H24N2O3. The molecule has 0 unspecified atom stereocenters. The number of hydrogen-bond donors (Lipinski definition) is 2. The molecule has 3 aromatic rings. The van der Waals surface area contributed by atoms with Crippen LogP contribution in [0.3, 0.4) is 0 Å². The maximum atomic E-state index is 12.9. The highest BCUT2D eigenvalue weighted by molar-refractivity contribution is 5.91. The van der Waals surface area contributed by atoms with Crippen LogP contribution in [0, 0.1) is 0 Å². The van der Waals surface area contributed by atoms with Crippen LogP contribution in [0.5, 0.6) is 17.2 Å². The van der Waals surface area contributed by atoms with Gasteiger partial charge in [-0.2, -0.15) is 0 Å². The minimum Gasteiger partial charge on any atom is -0.508 e. The van der Waals surface area contributed by atoms with Crippen molar-refractivity contribution in [3.05, 3.63) is 84.4 Å². The fourth-order valence-electron chi connectivity index (χ4n) is 2.84. The fourth-order valence-corrected chi connectivity index (χ4v) is 2.84. The molecular weight excluding hydrogens is 352 g/mol. The van der Waals surface area contributed by atoms with Crippen LogP contribution in [0.25, 0.3) is 0 Å². The van der Waals surface area contributed by atoms with Crippen LogP contribution in [-0.2, 0) is 6.54 Å². The number of anilines is 1. The Bertz CT molecular complexity index is 912. The molecule has 2 amide bonds. The van der Waals surface area contributed by atoms with E-state index in [1.165, 1.54) is 0 Å². The number of phenols is 1. The van der Waals surface area contributed by atoms with Crippen LogP contribution in [0.1, 0.15) is 18.9 Å². The molecule has 0 saturated heterocycles. The van der Waals surface area contributed by atoms with E-state index in [0.29, 0.717) is 35.8 Å². The van der Waals surface area contributed by atoms with Gasteiger partial charge in [0.05, 0.1) is 12.2 Å². The third-order valence-corrected chi connectivity index (χ3v) is 4.23. The van der Waals surface area contributed by atoms with Crippen LogP contribution < -0.4 is 10.1 Å². The predicted octanol–water partition coefficient (Wildman–Crippen LogP) is 5.63. The summed E-state index contributed by atoms with van der Waals surface area (Å²) in [6.07, 6.45) is 0.809. The summed E-state index contributed by atoms with van der Waals surface area (Å²) in [7, 11) is 0. The van der Waals surface area contributed by atoms with Crippen molar-refractivity contribution in [3.63, 3.8) is 0 Å². The van der Waals surface area contributed by atoms with Gasteiger partial charge in [-0.1, -0.05) is 55.5 Å². The van der Waals surface area contributed by atoms with Crippen LogP contribution in [0.2, 0.25) is 0 Å². The smallest absolute Gasteiger partial charge is 0.322 e. The lowest BCUT2D eigenvalue weighted by Gasteiger charge is -2.23. The van der Waals surface area contributed by atoms with Gasteiger partial charge in [0.2, 0.25) is 0 Å². The molecule has 3 rings (SSSR count). The lowest BCUT2D eigenvalue weighted by atomic mass is 10.2. The van der Waals surface area contributed by atoms with Gasteiger partial charge in [0.1, 0.15) is 11.5 Å². The highest BCUT2D eigenvalue weighted by Gasteiger charge is 2.17. The number of hydrogen-bond acceptors (Lipinski definition) is 3. The maximum Gasteiger partial charge on any atom is 0.322 e. The van der Waals surface area contributed by atoms with Gasteiger partial charge in [0, 0.05) is 12.1 Å². The maximum absolute atomic E-state index is 12.9. The standard InChI is InChI=1S/C23H24N2O3/c1-2-16-25(17-18-10-6-8-14-21(18)26)23(27)24-20-13-7-9-15-22(20)28-19-11-4-3-5-12-19/h3-15,26H,2,16-17H2,1H3,(H,24,27). The Morgan fingerprint density at radius 3 is 2.39 bits per heavy atom. The van der Waals surface area contributed by atoms with Gasteiger partial charge >= 0.3 is 6.03 Å². The van der Waals surface area contributed by atoms with Crippen molar-refractivity contribution in [3.8, 4) is 17.2 Å². The summed E-state index contributed by atoms with van der Waals surface area (Å²) in [5.74, 6) is 1.45. The molecule has 0 aliphatic heterocycles. The first-order chi connectivity index (χ1) is 13.7. The Kier molecular flexibility index (Phi) is 6.52. The van der Waals surface area contributed by atoms with E-state index >= 15 is 0 Å². The van der Waals surface area contributed by atoms with E-state index in [2.05, 4.69) is 5.32 Å². The number of amides is 2. The van der Waals surface area contributed by atoms with Gasteiger partial charge in [0.15, 0.2) is 5.75 Å². The first kappa shape index (κ1) is 19.3. The highest BCUT2D eigenvalue weighted by atomic mass is 16.5. The SMILES string of the molecule is CCCN(Cc1ccccc1O)C(=O)Nc1ccccc1Oc1ccccc1. The molecule has 0 aromatic heterocycles. The lowest BCUT2D eigenvalue weighted by Crippen LogP contribution is -2.35. The van der Waals surface area contributed by atoms with Crippen LogP contribution in [-0.4, -0.2) is 22.6 Å². The van der Waals surface area contributed by atoms with Crippen molar-refractivity contribution in [2.24, 2.45) is 0 Å². The lowest BCUT2D eigenvalue weighted by molar-refractivity contribution is 0.208. The first-order valence-corrected chi connectivity index (χ1v) is 9.32. The second kappa shape index (κ2) is 9.46. The molecule has 2 N–H and O–H groups in total. The summed E-state index contributed by atoms with van der Waals surface area (Å²) in [4.78, 5) is 14.6. The van der Waals surface area contributed by atoms with Crippen LogP contribution in [0.4, 0.5) is 10.5 Å². The Balaban J connectivity index is 1.76. The van der Waals surface area contributed by atoms with E-state index in [1.54, 1.807) is 23.1 Å². The normalized spacial score (nSPS) is 10.3. The minimum absolute atomic E-state index is 0.184. The Labute approximate surface area is 165 Å². The number of nitrogens with one attached hydrogen (secondary N) is 1. The van der Waals surface area contributed by atoms with Gasteiger partial charge in [-0.05, 0) is 36.8 Å². The van der Waals surface area contributed by atoms with Gasteiger partial charge in [-0.25, -0.2) is 4.79 Å². The molecule has 0 aliphatic carbocycles. The Hall–Kier alpha value is -3.47. The second-order valence-corrected chi connectivity index (χ2v) is 6.39. The van der Waals surface area contributed by atoms with Gasteiger partial charge in [-0.15, -0.1) is 0 Å². The third kappa shape index (κ3) is 5.04. The number of ether oxygens (including phenoxy) is 1. The van der Waals surface area contributed by atoms with Crippen LogP contribution >= 0.6 is 0 Å². The van der Waals surface area contributed by atoms with Crippen molar-refractivity contribution in [1.29, 1.82) is 0 Å². The molecule has 0 atom stereocenters. The van der Waals surface area contributed by atoms with E-state index in [-0.39, 0.29) is 11.8 Å². The molecule has 0 bridgehead atoms. The summed E-state index contributed by atoms with van der Waals surface area (Å²) in [6, 6.07) is 23.6. The van der Waals surface area contributed by atoms with E-state index in [4.69, 9.17) is 4.74 Å². The second-order valence-electron chi connectivity index (χ2n) is 6.39. The fraction of sp³-hybridized carbons (Fsp3) is 0.174. The quantitative estimate of drug-likeness (QED) is 0.562. The molecule has 3 aromatic carbocycles. The van der Waals surface area contributed by atoms with Gasteiger partial charge in [-0.3, -0.25) is 0 Å². The number of benzene rings is 3. The number of rotatable bonds is 7. The average molecular weight is 376 g/mol. The van der Waals surface area contributed by atoms with Crippen molar-refractivity contribution in [1.82, 2.24) is 4.90 Å².